The average molecular weight is 288 g/mol. The Balaban J connectivity index is 1.65. The van der Waals surface area contributed by atoms with Gasteiger partial charge in [-0.05, 0) is 32.2 Å². The van der Waals surface area contributed by atoms with E-state index in [0.717, 1.165) is 31.5 Å². The minimum absolute atomic E-state index is 0.184. The Hall–Kier alpha value is -0.130. The first-order valence-electron chi connectivity index (χ1n) is 7.60. The number of likely N-dealkylation sites (N-methyl/N-ethyl adjacent to an activating group) is 1. The van der Waals surface area contributed by atoms with E-state index in [1.54, 1.807) is 0 Å². The molecule has 0 radical (unpaired) electrons. The zero-order valence-electron chi connectivity index (χ0n) is 12.3. The Kier molecular flexibility index (Phi) is 5.26. The van der Waals surface area contributed by atoms with E-state index >= 15 is 0 Å². The van der Waals surface area contributed by atoms with Crippen molar-refractivity contribution in [3.8, 4) is 0 Å². The fourth-order valence-electron chi connectivity index (χ4n) is 3.39. The minimum Gasteiger partial charge on any atom is -0.312 e. The summed E-state index contributed by atoms with van der Waals surface area (Å²) < 4.78 is 22.7. The van der Waals surface area contributed by atoms with Crippen molar-refractivity contribution in [3.05, 3.63) is 0 Å². The number of nitrogens with one attached hydrogen (secondary N) is 1. The highest BCUT2D eigenvalue weighted by Gasteiger charge is 2.27. The van der Waals surface area contributed by atoms with Crippen LogP contribution in [0.2, 0.25) is 0 Å². The van der Waals surface area contributed by atoms with E-state index in [1.165, 1.54) is 25.7 Å². The molecule has 2 aliphatic rings. The third-order valence-electron chi connectivity index (χ3n) is 4.66. The van der Waals surface area contributed by atoms with Crippen molar-refractivity contribution < 1.29 is 8.42 Å². The van der Waals surface area contributed by atoms with Crippen molar-refractivity contribution >= 4 is 9.84 Å². The number of hydrogen-bond donors (Lipinski definition) is 1. The highest BCUT2D eigenvalue weighted by Crippen LogP contribution is 2.26. The smallest absolute Gasteiger partial charge is 0.151 e. The van der Waals surface area contributed by atoms with Gasteiger partial charge in [0.2, 0.25) is 0 Å². The fraction of sp³-hybridized carbons (Fsp3) is 1.00. The molecule has 1 aliphatic carbocycles. The maximum atomic E-state index is 11.4. The zero-order chi connectivity index (χ0) is 13.9. The Morgan fingerprint density at radius 1 is 1.26 bits per heavy atom. The normalized spacial score (nSPS) is 34.8. The van der Waals surface area contributed by atoms with Crippen LogP contribution in [0.4, 0.5) is 0 Å². The van der Waals surface area contributed by atoms with Crippen LogP contribution in [0.25, 0.3) is 0 Å². The Morgan fingerprint density at radius 3 is 2.68 bits per heavy atom. The molecule has 2 rings (SSSR count). The molecule has 3 atom stereocenters. The number of hydrogen-bond acceptors (Lipinski definition) is 4. The molecule has 1 N–H and O–H groups in total. The minimum atomic E-state index is -2.75. The second-order valence-corrected chi connectivity index (χ2v) is 8.69. The van der Waals surface area contributed by atoms with Crippen molar-refractivity contribution in [2.75, 3.05) is 31.6 Å². The van der Waals surface area contributed by atoms with Crippen molar-refractivity contribution in [1.82, 2.24) is 10.2 Å². The first kappa shape index (κ1) is 15.3. The summed E-state index contributed by atoms with van der Waals surface area (Å²) in [6.45, 7) is 4.27. The van der Waals surface area contributed by atoms with E-state index in [9.17, 15) is 8.42 Å². The van der Waals surface area contributed by atoms with Crippen molar-refractivity contribution in [1.29, 1.82) is 0 Å². The van der Waals surface area contributed by atoms with Gasteiger partial charge in [-0.15, -0.1) is 0 Å². The standard InChI is InChI=1S/C14H28N2O2S/c1-12-4-3-5-14(10-12)16(2)8-7-15-13-6-9-19(17,18)11-13/h12-15H,3-11H2,1-2H3. The van der Waals surface area contributed by atoms with Crippen LogP contribution in [-0.2, 0) is 9.84 Å². The van der Waals surface area contributed by atoms with Gasteiger partial charge in [0.05, 0.1) is 11.5 Å². The number of rotatable bonds is 5. The lowest BCUT2D eigenvalue weighted by Crippen LogP contribution is -2.41. The van der Waals surface area contributed by atoms with Crippen molar-refractivity contribution in [3.63, 3.8) is 0 Å². The van der Waals surface area contributed by atoms with Gasteiger partial charge in [0, 0.05) is 25.2 Å². The van der Waals surface area contributed by atoms with Gasteiger partial charge in [-0.1, -0.05) is 19.8 Å². The summed E-state index contributed by atoms with van der Waals surface area (Å²) in [6.07, 6.45) is 6.15. The predicted molar refractivity (Wildman–Crippen MR) is 79.1 cm³/mol. The van der Waals surface area contributed by atoms with E-state index < -0.39 is 9.84 Å². The lowest BCUT2D eigenvalue weighted by Gasteiger charge is -2.34. The number of sulfone groups is 1. The van der Waals surface area contributed by atoms with Crippen LogP contribution in [0, 0.1) is 5.92 Å². The summed E-state index contributed by atoms with van der Waals surface area (Å²) in [4.78, 5) is 2.45. The third-order valence-corrected chi connectivity index (χ3v) is 6.43. The molecule has 112 valence electrons. The van der Waals surface area contributed by atoms with Crippen LogP contribution in [0.3, 0.4) is 0 Å². The average Bonchev–Trinajstić information content (AvgIpc) is 2.69. The van der Waals surface area contributed by atoms with Gasteiger partial charge in [-0.2, -0.15) is 0 Å². The maximum Gasteiger partial charge on any atom is 0.151 e. The molecule has 1 heterocycles. The lowest BCUT2D eigenvalue weighted by molar-refractivity contribution is 0.164. The molecule has 0 aromatic carbocycles. The van der Waals surface area contributed by atoms with Gasteiger partial charge in [-0.25, -0.2) is 8.42 Å². The molecule has 3 unspecified atom stereocenters. The lowest BCUT2D eigenvalue weighted by atomic mass is 9.86. The maximum absolute atomic E-state index is 11.4. The summed E-state index contributed by atoms with van der Waals surface area (Å²) in [5.41, 5.74) is 0. The van der Waals surface area contributed by atoms with Crippen LogP contribution < -0.4 is 5.32 Å². The highest BCUT2D eigenvalue weighted by molar-refractivity contribution is 7.91. The Labute approximate surface area is 117 Å². The second-order valence-electron chi connectivity index (χ2n) is 6.46. The molecule has 2 fully saturated rings. The van der Waals surface area contributed by atoms with E-state index in [1.807, 2.05) is 0 Å². The molecule has 19 heavy (non-hydrogen) atoms. The number of nitrogens with zero attached hydrogens (tertiary/aromatic N) is 1. The second kappa shape index (κ2) is 6.55. The molecule has 1 aliphatic heterocycles. The third kappa shape index (κ3) is 4.72. The Bertz CT molecular complexity index is 383. The van der Waals surface area contributed by atoms with Gasteiger partial charge < -0.3 is 10.2 Å². The van der Waals surface area contributed by atoms with Crippen molar-refractivity contribution in [2.45, 2.75) is 51.1 Å². The molecule has 0 aromatic rings. The molecule has 0 amide bonds. The molecular formula is C14H28N2O2S. The summed E-state index contributed by atoms with van der Waals surface area (Å²) >= 11 is 0. The van der Waals surface area contributed by atoms with Gasteiger partial charge >= 0.3 is 0 Å². The first-order chi connectivity index (χ1) is 8.96. The molecule has 5 heteroatoms. The van der Waals surface area contributed by atoms with Crippen LogP contribution >= 0.6 is 0 Å². The van der Waals surface area contributed by atoms with Gasteiger partial charge in [-0.3, -0.25) is 0 Å². The van der Waals surface area contributed by atoms with E-state index in [2.05, 4.69) is 24.2 Å². The zero-order valence-corrected chi connectivity index (χ0v) is 13.1. The van der Waals surface area contributed by atoms with E-state index in [0.29, 0.717) is 11.5 Å². The molecule has 1 saturated heterocycles. The fourth-order valence-corrected chi connectivity index (χ4v) is 5.09. The molecule has 0 spiro atoms. The van der Waals surface area contributed by atoms with E-state index in [4.69, 9.17) is 0 Å². The summed E-state index contributed by atoms with van der Waals surface area (Å²) in [6, 6.07) is 0.904. The molecule has 0 bridgehead atoms. The summed E-state index contributed by atoms with van der Waals surface area (Å²) in [7, 11) is -0.546. The quantitative estimate of drug-likeness (QED) is 0.828. The SMILES string of the molecule is CC1CCCC(N(C)CCNC2CCS(=O)(=O)C2)C1. The summed E-state index contributed by atoms with van der Waals surface area (Å²) in [5.74, 6) is 1.55. The van der Waals surface area contributed by atoms with Crippen LogP contribution in [0.5, 0.6) is 0 Å². The van der Waals surface area contributed by atoms with Crippen LogP contribution in [0.1, 0.15) is 39.0 Å². The predicted octanol–water partition coefficient (Wildman–Crippen LogP) is 1.27. The van der Waals surface area contributed by atoms with Crippen LogP contribution in [-0.4, -0.2) is 57.0 Å². The van der Waals surface area contributed by atoms with Crippen molar-refractivity contribution in [2.24, 2.45) is 5.92 Å². The molecule has 4 nitrogen and oxygen atoms in total. The largest absolute Gasteiger partial charge is 0.312 e. The van der Waals surface area contributed by atoms with Crippen LogP contribution in [0.15, 0.2) is 0 Å². The van der Waals surface area contributed by atoms with Gasteiger partial charge in [0.25, 0.3) is 0 Å². The molecular weight excluding hydrogens is 260 g/mol. The Morgan fingerprint density at radius 2 is 2.05 bits per heavy atom. The van der Waals surface area contributed by atoms with Gasteiger partial charge in [0.15, 0.2) is 9.84 Å². The van der Waals surface area contributed by atoms with Gasteiger partial charge in [0.1, 0.15) is 0 Å². The highest BCUT2D eigenvalue weighted by atomic mass is 32.2. The van der Waals surface area contributed by atoms with E-state index in [-0.39, 0.29) is 6.04 Å². The topological polar surface area (TPSA) is 49.4 Å². The molecule has 1 saturated carbocycles. The molecule has 0 aromatic heterocycles. The first-order valence-corrected chi connectivity index (χ1v) is 9.42. The monoisotopic (exact) mass is 288 g/mol. The summed E-state index contributed by atoms with van der Waals surface area (Å²) in [5, 5.41) is 3.40.